The molecule has 3 N–H and O–H groups in total. The second-order valence-corrected chi connectivity index (χ2v) is 5.58. The maximum Gasteiger partial charge on any atom is 0.224 e. The van der Waals surface area contributed by atoms with Crippen molar-refractivity contribution in [1.29, 1.82) is 0 Å². The van der Waals surface area contributed by atoms with Crippen LogP contribution in [-0.2, 0) is 17.6 Å². The van der Waals surface area contributed by atoms with Crippen LogP contribution in [0.1, 0.15) is 43.7 Å². The van der Waals surface area contributed by atoms with Gasteiger partial charge in [0, 0.05) is 12.1 Å². The summed E-state index contributed by atoms with van der Waals surface area (Å²) in [6.45, 7) is 2.17. The van der Waals surface area contributed by atoms with Crippen molar-refractivity contribution in [1.82, 2.24) is 5.32 Å². The predicted molar refractivity (Wildman–Crippen MR) is 77.9 cm³/mol. The Labute approximate surface area is 115 Å². The van der Waals surface area contributed by atoms with Gasteiger partial charge in [-0.15, -0.1) is 0 Å². The van der Waals surface area contributed by atoms with Crippen LogP contribution in [-0.4, -0.2) is 18.0 Å². The van der Waals surface area contributed by atoms with E-state index in [4.69, 9.17) is 5.73 Å². The van der Waals surface area contributed by atoms with Gasteiger partial charge in [-0.25, -0.2) is 0 Å². The van der Waals surface area contributed by atoms with Crippen LogP contribution in [0.4, 0.5) is 0 Å². The van der Waals surface area contributed by atoms with Crippen molar-refractivity contribution >= 4 is 5.91 Å². The molecule has 1 aromatic carbocycles. The third kappa shape index (κ3) is 4.35. The Morgan fingerprint density at radius 3 is 2.53 bits per heavy atom. The van der Waals surface area contributed by atoms with Crippen molar-refractivity contribution in [2.24, 2.45) is 5.73 Å². The van der Waals surface area contributed by atoms with E-state index in [9.17, 15) is 4.79 Å². The van der Waals surface area contributed by atoms with Crippen molar-refractivity contribution in [2.75, 3.05) is 0 Å². The molecule has 1 aliphatic rings. The molecule has 0 spiro atoms. The zero-order chi connectivity index (χ0) is 13.7. The van der Waals surface area contributed by atoms with Crippen molar-refractivity contribution in [3.05, 3.63) is 35.4 Å². The van der Waals surface area contributed by atoms with E-state index in [0.717, 1.165) is 37.7 Å². The average molecular weight is 260 g/mol. The number of rotatable bonds is 5. The van der Waals surface area contributed by atoms with Gasteiger partial charge in [0.05, 0.1) is 6.42 Å². The van der Waals surface area contributed by atoms with Gasteiger partial charge < -0.3 is 11.1 Å². The lowest BCUT2D eigenvalue weighted by molar-refractivity contribution is -0.121. The fraction of sp³-hybridized carbons (Fsp3) is 0.562. The van der Waals surface area contributed by atoms with Gasteiger partial charge in [0.1, 0.15) is 0 Å². The van der Waals surface area contributed by atoms with Gasteiger partial charge in [0.25, 0.3) is 0 Å². The van der Waals surface area contributed by atoms with E-state index in [2.05, 4.69) is 36.5 Å². The van der Waals surface area contributed by atoms with Crippen molar-refractivity contribution in [2.45, 2.75) is 57.5 Å². The molecule has 104 valence electrons. The smallest absolute Gasteiger partial charge is 0.224 e. The molecular weight excluding hydrogens is 236 g/mol. The maximum absolute atomic E-state index is 11.9. The molecule has 0 heterocycles. The first kappa shape index (κ1) is 14.1. The predicted octanol–water partition coefficient (Wildman–Crippen LogP) is 2.18. The summed E-state index contributed by atoms with van der Waals surface area (Å²) >= 11 is 0. The van der Waals surface area contributed by atoms with Gasteiger partial charge in [0.2, 0.25) is 5.91 Å². The Hall–Kier alpha value is -1.35. The Morgan fingerprint density at radius 1 is 1.26 bits per heavy atom. The summed E-state index contributed by atoms with van der Waals surface area (Å²) in [5.74, 6) is 0.113. The highest BCUT2D eigenvalue weighted by atomic mass is 16.1. The molecule has 0 aliphatic heterocycles. The summed E-state index contributed by atoms with van der Waals surface area (Å²) in [7, 11) is 0. The van der Waals surface area contributed by atoms with Crippen LogP contribution in [0.25, 0.3) is 0 Å². The minimum absolute atomic E-state index is 0.113. The first-order valence-corrected chi connectivity index (χ1v) is 7.30. The quantitative estimate of drug-likeness (QED) is 0.852. The molecule has 0 radical (unpaired) electrons. The highest BCUT2D eigenvalue weighted by molar-refractivity contribution is 5.78. The van der Waals surface area contributed by atoms with Crippen LogP contribution in [0.3, 0.4) is 0 Å². The Morgan fingerprint density at radius 2 is 1.95 bits per heavy atom. The van der Waals surface area contributed by atoms with E-state index in [1.54, 1.807) is 0 Å². The van der Waals surface area contributed by atoms with Crippen LogP contribution < -0.4 is 11.1 Å². The minimum atomic E-state index is 0.113. The fourth-order valence-electron chi connectivity index (χ4n) is 2.72. The maximum atomic E-state index is 11.9. The minimum Gasteiger partial charge on any atom is -0.353 e. The number of nitrogens with two attached hydrogens (primary N) is 1. The molecule has 0 aromatic heterocycles. The molecule has 1 fully saturated rings. The molecule has 1 saturated carbocycles. The molecule has 3 nitrogen and oxygen atoms in total. The van der Waals surface area contributed by atoms with Crippen LogP contribution in [0.5, 0.6) is 0 Å². The van der Waals surface area contributed by atoms with E-state index >= 15 is 0 Å². The van der Waals surface area contributed by atoms with Crippen LogP contribution >= 0.6 is 0 Å². The molecule has 2 atom stereocenters. The third-order valence-electron chi connectivity index (χ3n) is 3.76. The molecule has 1 aliphatic carbocycles. The standard InChI is InChI=1S/C16H24N2O/c1-2-3-12-4-6-13(7-5-12)10-16(19)18-15-9-8-14(17)11-15/h4-7,14-15H,2-3,8-11,17H2,1H3,(H,18,19). The number of hydrogen-bond acceptors (Lipinski definition) is 2. The van der Waals surface area contributed by atoms with Crippen LogP contribution in [0.2, 0.25) is 0 Å². The summed E-state index contributed by atoms with van der Waals surface area (Å²) in [5, 5.41) is 3.08. The number of amides is 1. The van der Waals surface area contributed by atoms with Gasteiger partial charge in [-0.05, 0) is 36.8 Å². The Kier molecular flexibility index (Phi) is 4.97. The van der Waals surface area contributed by atoms with Crippen molar-refractivity contribution in [3.8, 4) is 0 Å². The Bertz CT molecular complexity index is 413. The monoisotopic (exact) mass is 260 g/mol. The molecule has 2 unspecified atom stereocenters. The molecular formula is C16H24N2O. The van der Waals surface area contributed by atoms with E-state index in [0.29, 0.717) is 6.42 Å². The second kappa shape index (κ2) is 6.71. The number of carbonyl (C=O) groups excluding carboxylic acids is 1. The fourth-order valence-corrected chi connectivity index (χ4v) is 2.72. The van der Waals surface area contributed by atoms with Crippen LogP contribution in [0.15, 0.2) is 24.3 Å². The lowest BCUT2D eigenvalue weighted by atomic mass is 10.1. The molecule has 0 saturated heterocycles. The topological polar surface area (TPSA) is 55.1 Å². The van der Waals surface area contributed by atoms with Crippen molar-refractivity contribution < 1.29 is 4.79 Å². The van der Waals surface area contributed by atoms with E-state index in [1.165, 1.54) is 5.56 Å². The lowest BCUT2D eigenvalue weighted by Crippen LogP contribution is -2.35. The molecule has 19 heavy (non-hydrogen) atoms. The number of aryl methyl sites for hydroxylation is 1. The van der Waals surface area contributed by atoms with Gasteiger partial charge in [-0.3, -0.25) is 4.79 Å². The summed E-state index contributed by atoms with van der Waals surface area (Å²) in [5.41, 5.74) is 8.27. The number of nitrogens with one attached hydrogen (secondary N) is 1. The van der Waals surface area contributed by atoms with Gasteiger partial charge in [-0.2, -0.15) is 0 Å². The van der Waals surface area contributed by atoms with Crippen molar-refractivity contribution in [3.63, 3.8) is 0 Å². The second-order valence-electron chi connectivity index (χ2n) is 5.58. The largest absolute Gasteiger partial charge is 0.353 e. The summed E-state index contributed by atoms with van der Waals surface area (Å²) in [6, 6.07) is 8.91. The zero-order valence-corrected chi connectivity index (χ0v) is 11.7. The molecule has 2 rings (SSSR count). The number of carbonyl (C=O) groups is 1. The van der Waals surface area contributed by atoms with E-state index < -0.39 is 0 Å². The normalized spacial score (nSPS) is 22.4. The first-order chi connectivity index (χ1) is 9.17. The highest BCUT2D eigenvalue weighted by Crippen LogP contribution is 2.17. The van der Waals surface area contributed by atoms with Gasteiger partial charge in [0.15, 0.2) is 0 Å². The Balaban J connectivity index is 1.81. The first-order valence-electron chi connectivity index (χ1n) is 7.30. The molecule has 1 aromatic rings. The zero-order valence-electron chi connectivity index (χ0n) is 11.7. The molecule has 0 bridgehead atoms. The lowest BCUT2D eigenvalue weighted by Gasteiger charge is -2.12. The highest BCUT2D eigenvalue weighted by Gasteiger charge is 2.22. The average Bonchev–Trinajstić information content (AvgIpc) is 2.77. The van der Waals surface area contributed by atoms with E-state index in [1.807, 2.05) is 0 Å². The summed E-state index contributed by atoms with van der Waals surface area (Å²) in [6.07, 6.45) is 5.69. The number of hydrogen-bond donors (Lipinski definition) is 2. The molecule has 1 amide bonds. The summed E-state index contributed by atoms with van der Waals surface area (Å²) < 4.78 is 0. The van der Waals surface area contributed by atoms with Gasteiger partial charge in [-0.1, -0.05) is 37.6 Å². The third-order valence-corrected chi connectivity index (χ3v) is 3.76. The molecule has 3 heteroatoms. The van der Waals surface area contributed by atoms with E-state index in [-0.39, 0.29) is 18.0 Å². The van der Waals surface area contributed by atoms with Crippen LogP contribution in [0, 0.1) is 0 Å². The number of benzene rings is 1. The van der Waals surface area contributed by atoms with Gasteiger partial charge >= 0.3 is 0 Å². The summed E-state index contributed by atoms with van der Waals surface area (Å²) in [4.78, 5) is 11.9. The SMILES string of the molecule is CCCc1ccc(CC(=O)NC2CCC(N)C2)cc1.